The lowest BCUT2D eigenvalue weighted by Crippen LogP contribution is -2.34. The minimum Gasteiger partial charge on any atom is -0.480 e. The summed E-state index contributed by atoms with van der Waals surface area (Å²) in [6.45, 7) is -0.0156. The predicted molar refractivity (Wildman–Crippen MR) is 79.2 cm³/mol. The molecule has 0 aliphatic rings. The maximum atomic E-state index is 12.2. The number of aromatic nitrogens is 3. The van der Waals surface area contributed by atoms with Gasteiger partial charge in [-0.15, -0.1) is 0 Å². The van der Waals surface area contributed by atoms with Crippen molar-refractivity contribution in [3.63, 3.8) is 0 Å². The average molecular weight is 347 g/mol. The third-order valence-corrected chi connectivity index (χ3v) is 4.36. The Morgan fingerprint density at radius 2 is 2.32 bits per heavy atom. The number of hydrogen-bond donors (Lipinski definition) is 2. The highest BCUT2D eigenvalue weighted by molar-refractivity contribution is 7.89. The zero-order valence-corrected chi connectivity index (χ0v) is 13.3. The summed E-state index contributed by atoms with van der Waals surface area (Å²) in [5.74, 6) is -0.0709. The fourth-order valence-corrected chi connectivity index (χ4v) is 3.16. The molecule has 1 unspecified atom stereocenters. The quantitative estimate of drug-likeness (QED) is 0.745. The first kappa shape index (κ1) is 16.7. The van der Waals surface area contributed by atoms with Crippen LogP contribution in [0.3, 0.4) is 0 Å². The number of pyridine rings is 1. The highest BCUT2D eigenvalue weighted by atomic mass is 35.5. The third kappa shape index (κ3) is 4.17. The molecule has 22 heavy (non-hydrogen) atoms. The zero-order chi connectivity index (χ0) is 16.2. The van der Waals surface area contributed by atoms with Crippen molar-refractivity contribution >= 4 is 21.6 Å². The number of aliphatic hydroxyl groups is 1. The van der Waals surface area contributed by atoms with E-state index in [9.17, 15) is 13.5 Å². The van der Waals surface area contributed by atoms with Crippen molar-refractivity contribution in [1.29, 1.82) is 0 Å². The van der Waals surface area contributed by atoms with Crippen LogP contribution in [0.1, 0.15) is 0 Å². The van der Waals surface area contributed by atoms with E-state index in [2.05, 4.69) is 14.8 Å². The Hall–Kier alpha value is -1.68. The van der Waals surface area contributed by atoms with Crippen LogP contribution in [0.5, 0.6) is 5.88 Å². The van der Waals surface area contributed by atoms with E-state index in [0.29, 0.717) is 0 Å². The van der Waals surface area contributed by atoms with E-state index in [4.69, 9.17) is 16.3 Å². The van der Waals surface area contributed by atoms with Gasteiger partial charge in [0.25, 0.3) is 0 Å². The molecule has 0 aliphatic heterocycles. The Kier molecular flexibility index (Phi) is 5.35. The Morgan fingerprint density at radius 1 is 1.55 bits per heavy atom. The predicted octanol–water partition coefficient (Wildman–Crippen LogP) is 0.279. The molecule has 0 amide bonds. The number of nitrogens with one attached hydrogen (secondary N) is 1. The highest BCUT2D eigenvalue weighted by Gasteiger charge is 2.22. The van der Waals surface area contributed by atoms with Crippen LogP contribution >= 0.6 is 11.6 Å². The third-order valence-electron chi connectivity index (χ3n) is 2.73. The first-order valence-corrected chi connectivity index (χ1v) is 8.13. The molecular weight excluding hydrogens is 332 g/mol. The fraction of sp³-hybridized carbons (Fsp3) is 0.333. The van der Waals surface area contributed by atoms with Gasteiger partial charge in [0.2, 0.25) is 15.9 Å². The standard InChI is InChI=1S/C12H15ClN4O4S/c1-21-12-11(5-9(13)6-14-12)22(19,20)16-7-10(18)8-17-4-2-3-15-17/h2-6,10,16,18H,7-8H2,1H3. The van der Waals surface area contributed by atoms with E-state index in [0.717, 1.165) is 0 Å². The molecule has 120 valence electrons. The van der Waals surface area contributed by atoms with Gasteiger partial charge in [-0.2, -0.15) is 5.10 Å². The van der Waals surface area contributed by atoms with Gasteiger partial charge >= 0.3 is 0 Å². The molecule has 1 atom stereocenters. The van der Waals surface area contributed by atoms with E-state index in [1.807, 2.05) is 0 Å². The molecule has 0 bridgehead atoms. The molecule has 2 rings (SSSR count). The topological polar surface area (TPSA) is 106 Å². The summed E-state index contributed by atoms with van der Waals surface area (Å²) >= 11 is 5.77. The van der Waals surface area contributed by atoms with Gasteiger partial charge in [0.05, 0.1) is 24.8 Å². The molecule has 8 nitrogen and oxygen atoms in total. The number of nitrogens with zero attached hydrogens (tertiary/aromatic N) is 3. The van der Waals surface area contributed by atoms with Gasteiger partial charge in [-0.1, -0.05) is 11.6 Å². The van der Waals surface area contributed by atoms with Crippen molar-refractivity contribution < 1.29 is 18.3 Å². The maximum absolute atomic E-state index is 12.2. The average Bonchev–Trinajstić information content (AvgIpc) is 2.98. The van der Waals surface area contributed by atoms with Gasteiger partial charge in [0.15, 0.2) is 0 Å². The Morgan fingerprint density at radius 3 is 2.95 bits per heavy atom. The number of sulfonamides is 1. The van der Waals surface area contributed by atoms with Crippen LogP contribution in [-0.2, 0) is 16.6 Å². The van der Waals surface area contributed by atoms with Crippen LogP contribution < -0.4 is 9.46 Å². The molecule has 0 spiro atoms. The van der Waals surface area contributed by atoms with Crippen LogP contribution in [0.4, 0.5) is 0 Å². The first-order chi connectivity index (χ1) is 10.4. The summed E-state index contributed by atoms with van der Waals surface area (Å²) in [5.41, 5.74) is 0. The molecule has 0 aliphatic carbocycles. The van der Waals surface area contributed by atoms with Crippen molar-refractivity contribution in [3.8, 4) is 5.88 Å². The first-order valence-electron chi connectivity index (χ1n) is 6.27. The normalized spacial score (nSPS) is 13.0. The molecule has 0 saturated heterocycles. The van der Waals surface area contributed by atoms with Crippen molar-refractivity contribution in [2.24, 2.45) is 0 Å². The molecule has 0 fully saturated rings. The van der Waals surface area contributed by atoms with Crippen LogP contribution in [0, 0.1) is 0 Å². The minimum absolute atomic E-state index is 0.0709. The second kappa shape index (κ2) is 7.05. The fourth-order valence-electron chi connectivity index (χ4n) is 1.73. The van der Waals surface area contributed by atoms with Crippen LogP contribution in [-0.4, -0.2) is 48.0 Å². The Balaban J connectivity index is 2.06. The zero-order valence-electron chi connectivity index (χ0n) is 11.7. The summed E-state index contributed by atoms with van der Waals surface area (Å²) in [5, 5.41) is 13.9. The number of ether oxygens (including phenoxy) is 1. The lowest BCUT2D eigenvalue weighted by atomic mass is 10.4. The van der Waals surface area contributed by atoms with E-state index in [1.165, 1.54) is 24.1 Å². The molecular formula is C12H15ClN4O4S. The summed E-state index contributed by atoms with van der Waals surface area (Å²) < 4.78 is 33.2. The molecule has 0 saturated carbocycles. The van der Waals surface area contributed by atoms with Gasteiger partial charge in [-0.25, -0.2) is 18.1 Å². The summed E-state index contributed by atoms with van der Waals surface area (Å²) in [7, 11) is -2.60. The molecule has 2 aromatic rings. The summed E-state index contributed by atoms with van der Waals surface area (Å²) in [6, 6.07) is 2.94. The summed E-state index contributed by atoms with van der Waals surface area (Å²) in [6.07, 6.45) is 3.58. The van der Waals surface area contributed by atoms with Gasteiger partial charge < -0.3 is 9.84 Å². The van der Waals surface area contributed by atoms with Gasteiger partial charge in [0.1, 0.15) is 4.90 Å². The van der Waals surface area contributed by atoms with Gasteiger partial charge in [0, 0.05) is 25.1 Å². The second-order valence-electron chi connectivity index (χ2n) is 4.39. The Labute approximate surface area is 132 Å². The largest absolute Gasteiger partial charge is 0.480 e. The smallest absolute Gasteiger partial charge is 0.246 e. The monoisotopic (exact) mass is 346 g/mol. The second-order valence-corrected chi connectivity index (χ2v) is 6.57. The van der Waals surface area contributed by atoms with Gasteiger partial charge in [-0.3, -0.25) is 4.68 Å². The van der Waals surface area contributed by atoms with Crippen molar-refractivity contribution in [3.05, 3.63) is 35.7 Å². The van der Waals surface area contributed by atoms with E-state index < -0.39 is 16.1 Å². The number of methoxy groups -OCH3 is 1. The van der Waals surface area contributed by atoms with Crippen LogP contribution in [0.15, 0.2) is 35.6 Å². The molecule has 2 N–H and O–H groups in total. The molecule has 0 radical (unpaired) electrons. The van der Waals surface area contributed by atoms with Crippen LogP contribution in [0.2, 0.25) is 5.02 Å². The van der Waals surface area contributed by atoms with Gasteiger partial charge in [-0.05, 0) is 12.1 Å². The minimum atomic E-state index is -3.91. The van der Waals surface area contributed by atoms with E-state index in [1.54, 1.807) is 18.5 Å². The lowest BCUT2D eigenvalue weighted by Gasteiger charge is -2.13. The molecule has 10 heteroatoms. The van der Waals surface area contributed by atoms with E-state index >= 15 is 0 Å². The lowest BCUT2D eigenvalue weighted by molar-refractivity contribution is 0.153. The molecule has 2 aromatic heterocycles. The number of halogens is 1. The number of hydrogen-bond acceptors (Lipinski definition) is 6. The molecule has 2 heterocycles. The Bertz CT molecular complexity index is 721. The highest BCUT2D eigenvalue weighted by Crippen LogP contribution is 2.23. The van der Waals surface area contributed by atoms with Crippen molar-refractivity contribution in [1.82, 2.24) is 19.5 Å². The number of rotatable bonds is 7. The van der Waals surface area contributed by atoms with Crippen molar-refractivity contribution in [2.45, 2.75) is 17.5 Å². The van der Waals surface area contributed by atoms with Crippen LogP contribution in [0.25, 0.3) is 0 Å². The molecule has 0 aromatic carbocycles. The summed E-state index contributed by atoms with van der Waals surface area (Å²) in [4.78, 5) is 3.61. The number of aliphatic hydroxyl groups excluding tert-OH is 1. The van der Waals surface area contributed by atoms with E-state index in [-0.39, 0.29) is 28.9 Å². The van der Waals surface area contributed by atoms with Crippen molar-refractivity contribution in [2.75, 3.05) is 13.7 Å². The maximum Gasteiger partial charge on any atom is 0.246 e. The SMILES string of the molecule is COc1ncc(Cl)cc1S(=O)(=O)NCC(O)Cn1cccn1.